The summed E-state index contributed by atoms with van der Waals surface area (Å²) < 4.78 is 0. The monoisotopic (exact) mass is 221 g/mol. The van der Waals surface area contributed by atoms with Crippen molar-refractivity contribution >= 4 is 5.97 Å². The molecule has 0 radical (unpaired) electrons. The highest BCUT2D eigenvalue weighted by atomic mass is 16.4. The molecular formula is C13H19NO2. The average Bonchev–Trinajstić information content (AvgIpc) is 2.26. The number of hydrogen-bond acceptors (Lipinski definition) is 2. The minimum absolute atomic E-state index is 0.610. The minimum Gasteiger partial charge on any atom is -0.480 e. The fourth-order valence-electron chi connectivity index (χ4n) is 2.12. The van der Waals surface area contributed by atoms with E-state index in [0.717, 1.165) is 12.0 Å². The highest BCUT2D eigenvalue weighted by Crippen LogP contribution is 2.31. The van der Waals surface area contributed by atoms with Crippen LogP contribution in [0.4, 0.5) is 0 Å². The number of nitrogens with zero attached hydrogens (tertiary/aromatic N) is 1. The average molecular weight is 221 g/mol. The van der Waals surface area contributed by atoms with Gasteiger partial charge in [-0.05, 0) is 26.1 Å². The third-order valence-electron chi connectivity index (χ3n) is 2.98. The Morgan fingerprint density at radius 2 is 1.88 bits per heavy atom. The standard InChI is InChI=1S/C13H19NO2/c1-4-10-13(12(15)16,14(2)3)11-8-6-5-7-9-11/h5-9H,4,10H2,1-3H3,(H,15,16)/t13-/m0/s1. The zero-order valence-corrected chi connectivity index (χ0v) is 10.1. The Balaban J connectivity index is 3.27. The van der Waals surface area contributed by atoms with E-state index in [4.69, 9.17) is 0 Å². The summed E-state index contributed by atoms with van der Waals surface area (Å²) >= 11 is 0. The van der Waals surface area contributed by atoms with E-state index >= 15 is 0 Å². The third-order valence-corrected chi connectivity index (χ3v) is 2.98. The molecule has 0 bridgehead atoms. The maximum Gasteiger partial charge on any atom is 0.328 e. The molecule has 0 aliphatic carbocycles. The number of carboxylic acid groups (broad SMARTS) is 1. The predicted octanol–water partition coefficient (Wildman–Crippen LogP) is 2.33. The van der Waals surface area contributed by atoms with Crippen LogP contribution in [-0.4, -0.2) is 30.1 Å². The maximum atomic E-state index is 11.6. The summed E-state index contributed by atoms with van der Waals surface area (Å²) in [4.78, 5) is 13.4. The Morgan fingerprint density at radius 1 is 1.31 bits per heavy atom. The molecule has 0 aliphatic heterocycles. The molecule has 0 fully saturated rings. The van der Waals surface area contributed by atoms with Gasteiger partial charge in [-0.15, -0.1) is 0 Å². The zero-order chi connectivity index (χ0) is 12.2. The van der Waals surface area contributed by atoms with E-state index < -0.39 is 11.5 Å². The van der Waals surface area contributed by atoms with Gasteiger partial charge in [0.2, 0.25) is 0 Å². The molecule has 0 aromatic heterocycles. The maximum absolute atomic E-state index is 11.6. The SMILES string of the molecule is CCC[C@@](C(=O)O)(c1ccccc1)N(C)C. The lowest BCUT2D eigenvalue weighted by Gasteiger charge is -2.36. The molecular weight excluding hydrogens is 202 g/mol. The second-order valence-electron chi connectivity index (χ2n) is 4.18. The molecule has 3 heteroatoms. The molecule has 1 aromatic rings. The van der Waals surface area contributed by atoms with Gasteiger partial charge < -0.3 is 5.11 Å². The molecule has 1 aromatic carbocycles. The zero-order valence-electron chi connectivity index (χ0n) is 10.1. The van der Waals surface area contributed by atoms with Gasteiger partial charge in [0.25, 0.3) is 0 Å². The molecule has 1 atom stereocenters. The van der Waals surface area contributed by atoms with Crippen LogP contribution in [0.15, 0.2) is 30.3 Å². The number of rotatable bonds is 5. The first-order valence-electron chi connectivity index (χ1n) is 5.52. The molecule has 1 rings (SSSR count). The normalized spacial score (nSPS) is 14.8. The van der Waals surface area contributed by atoms with Gasteiger partial charge in [0.15, 0.2) is 0 Å². The number of aliphatic carboxylic acids is 1. The van der Waals surface area contributed by atoms with Crippen LogP contribution in [-0.2, 0) is 10.3 Å². The molecule has 3 nitrogen and oxygen atoms in total. The van der Waals surface area contributed by atoms with Gasteiger partial charge in [-0.25, -0.2) is 4.79 Å². The first-order chi connectivity index (χ1) is 7.55. The Morgan fingerprint density at radius 3 is 2.25 bits per heavy atom. The third kappa shape index (κ3) is 2.09. The molecule has 16 heavy (non-hydrogen) atoms. The van der Waals surface area contributed by atoms with Crippen molar-refractivity contribution in [3.63, 3.8) is 0 Å². The van der Waals surface area contributed by atoms with Gasteiger partial charge in [0.1, 0.15) is 5.54 Å². The molecule has 0 aliphatic rings. The Hall–Kier alpha value is -1.35. The quantitative estimate of drug-likeness (QED) is 0.829. The number of benzene rings is 1. The molecule has 0 spiro atoms. The van der Waals surface area contributed by atoms with Gasteiger partial charge in [0, 0.05) is 0 Å². The van der Waals surface area contributed by atoms with Crippen LogP contribution in [0.25, 0.3) is 0 Å². The van der Waals surface area contributed by atoms with Crippen LogP contribution in [0.2, 0.25) is 0 Å². The van der Waals surface area contributed by atoms with Crippen molar-refractivity contribution < 1.29 is 9.90 Å². The summed E-state index contributed by atoms with van der Waals surface area (Å²) in [6, 6.07) is 9.42. The van der Waals surface area contributed by atoms with Crippen molar-refractivity contribution in [2.75, 3.05) is 14.1 Å². The molecule has 88 valence electrons. The summed E-state index contributed by atoms with van der Waals surface area (Å²) in [5.41, 5.74) is -0.0647. The number of carbonyl (C=O) groups is 1. The lowest BCUT2D eigenvalue weighted by atomic mass is 9.84. The van der Waals surface area contributed by atoms with Crippen molar-refractivity contribution in [3.8, 4) is 0 Å². The fourth-order valence-corrected chi connectivity index (χ4v) is 2.12. The van der Waals surface area contributed by atoms with Crippen molar-refractivity contribution in [1.29, 1.82) is 0 Å². The number of carboxylic acids is 1. The van der Waals surface area contributed by atoms with Crippen molar-refractivity contribution in [1.82, 2.24) is 4.90 Å². The minimum atomic E-state index is -0.907. The summed E-state index contributed by atoms with van der Waals surface area (Å²) in [5, 5.41) is 9.54. The summed E-state index contributed by atoms with van der Waals surface area (Å²) in [6.45, 7) is 2.00. The Kier molecular flexibility index (Phi) is 4.07. The van der Waals surface area contributed by atoms with Crippen molar-refractivity contribution in [2.24, 2.45) is 0 Å². The van der Waals surface area contributed by atoms with E-state index in [2.05, 4.69) is 0 Å². The molecule has 0 amide bonds. The molecule has 0 saturated carbocycles. The van der Waals surface area contributed by atoms with E-state index in [1.807, 2.05) is 51.4 Å². The fraction of sp³-hybridized carbons (Fsp3) is 0.462. The Bertz CT molecular complexity index is 348. The summed E-state index contributed by atoms with van der Waals surface area (Å²) in [7, 11) is 3.63. The molecule has 0 saturated heterocycles. The van der Waals surface area contributed by atoms with E-state index in [1.165, 1.54) is 0 Å². The van der Waals surface area contributed by atoms with E-state index in [9.17, 15) is 9.90 Å². The first kappa shape index (κ1) is 12.7. The lowest BCUT2D eigenvalue weighted by Crippen LogP contribution is -2.48. The van der Waals surface area contributed by atoms with Gasteiger partial charge >= 0.3 is 5.97 Å². The highest BCUT2D eigenvalue weighted by Gasteiger charge is 2.41. The molecule has 0 unspecified atom stereocenters. The van der Waals surface area contributed by atoms with Gasteiger partial charge in [-0.1, -0.05) is 43.7 Å². The van der Waals surface area contributed by atoms with Gasteiger partial charge in [0.05, 0.1) is 0 Å². The second kappa shape index (κ2) is 5.12. The van der Waals surface area contributed by atoms with Crippen molar-refractivity contribution in [3.05, 3.63) is 35.9 Å². The van der Waals surface area contributed by atoms with Crippen LogP contribution < -0.4 is 0 Å². The van der Waals surface area contributed by atoms with Gasteiger partial charge in [-0.2, -0.15) is 0 Å². The van der Waals surface area contributed by atoms with E-state index in [-0.39, 0.29) is 0 Å². The smallest absolute Gasteiger partial charge is 0.328 e. The van der Waals surface area contributed by atoms with Crippen LogP contribution in [0.1, 0.15) is 25.3 Å². The molecule has 1 N–H and O–H groups in total. The van der Waals surface area contributed by atoms with Crippen LogP contribution in [0.5, 0.6) is 0 Å². The predicted molar refractivity (Wildman–Crippen MR) is 64.4 cm³/mol. The highest BCUT2D eigenvalue weighted by molar-refractivity contribution is 5.80. The van der Waals surface area contributed by atoms with Crippen LogP contribution >= 0.6 is 0 Å². The van der Waals surface area contributed by atoms with Crippen LogP contribution in [0, 0.1) is 0 Å². The lowest BCUT2D eigenvalue weighted by molar-refractivity contribution is -0.151. The Labute approximate surface area is 96.7 Å². The summed E-state index contributed by atoms with van der Waals surface area (Å²) in [6.07, 6.45) is 1.44. The second-order valence-corrected chi connectivity index (χ2v) is 4.18. The number of likely N-dealkylation sites (N-methyl/N-ethyl adjacent to an activating group) is 1. The number of hydrogen-bond donors (Lipinski definition) is 1. The van der Waals surface area contributed by atoms with Gasteiger partial charge in [-0.3, -0.25) is 4.90 Å². The summed E-state index contributed by atoms with van der Waals surface area (Å²) in [5.74, 6) is -0.787. The van der Waals surface area contributed by atoms with Crippen molar-refractivity contribution in [2.45, 2.75) is 25.3 Å². The van der Waals surface area contributed by atoms with Crippen LogP contribution in [0.3, 0.4) is 0 Å². The topological polar surface area (TPSA) is 40.5 Å². The first-order valence-corrected chi connectivity index (χ1v) is 5.52. The largest absolute Gasteiger partial charge is 0.480 e. The molecule has 0 heterocycles. The van der Waals surface area contributed by atoms with E-state index in [1.54, 1.807) is 4.90 Å². The van der Waals surface area contributed by atoms with E-state index in [0.29, 0.717) is 6.42 Å².